The minimum absolute atomic E-state index is 0.0164. The molecule has 2 saturated carbocycles. The molecule has 0 aromatic rings. The van der Waals surface area contributed by atoms with Crippen molar-refractivity contribution in [2.75, 3.05) is 0 Å². The van der Waals surface area contributed by atoms with E-state index in [1.165, 1.54) is 6.42 Å². The van der Waals surface area contributed by atoms with Gasteiger partial charge in [0.15, 0.2) is 0 Å². The van der Waals surface area contributed by atoms with Gasteiger partial charge in [-0.25, -0.2) is 0 Å². The van der Waals surface area contributed by atoms with E-state index in [1.54, 1.807) is 0 Å². The van der Waals surface area contributed by atoms with Crippen LogP contribution in [0.3, 0.4) is 0 Å². The highest BCUT2D eigenvalue weighted by atomic mass is 16.2. The normalized spacial score (nSPS) is 37.1. The van der Waals surface area contributed by atoms with Crippen LogP contribution in [0.4, 0.5) is 0 Å². The number of amides is 1. The molecule has 0 aliphatic heterocycles. The first-order valence-corrected chi connectivity index (χ1v) is 6.17. The molecule has 0 atom stereocenters. The summed E-state index contributed by atoms with van der Waals surface area (Å²) in [5, 5.41) is 3.22. The van der Waals surface area contributed by atoms with Crippen molar-refractivity contribution < 1.29 is 4.79 Å². The second kappa shape index (κ2) is 4.12. The second-order valence-corrected chi connectivity index (χ2v) is 5.52. The molecule has 1 amide bonds. The number of hydrogen-bond donors (Lipinski definition) is 2. The lowest BCUT2D eigenvalue weighted by molar-refractivity contribution is -0.129. The fourth-order valence-corrected chi connectivity index (χ4v) is 2.47. The maximum Gasteiger partial charge on any atom is 0.223 e. The topological polar surface area (TPSA) is 55.1 Å². The van der Waals surface area contributed by atoms with Gasteiger partial charge in [-0.2, -0.15) is 0 Å². The number of hydrogen-bond acceptors (Lipinski definition) is 2. The van der Waals surface area contributed by atoms with Crippen molar-refractivity contribution in [1.82, 2.24) is 5.32 Å². The largest absolute Gasteiger partial charge is 0.351 e. The van der Waals surface area contributed by atoms with Crippen LogP contribution in [-0.4, -0.2) is 17.5 Å². The zero-order valence-electron chi connectivity index (χ0n) is 9.59. The molecule has 3 N–H and O–H groups in total. The molecule has 15 heavy (non-hydrogen) atoms. The zero-order valence-corrected chi connectivity index (χ0v) is 9.59. The van der Waals surface area contributed by atoms with Gasteiger partial charge in [-0.1, -0.05) is 6.42 Å². The molecular weight excluding hydrogens is 188 g/mol. The third-order valence-corrected chi connectivity index (χ3v) is 4.03. The first kappa shape index (κ1) is 10.9. The highest BCUT2D eigenvalue weighted by molar-refractivity contribution is 5.80. The van der Waals surface area contributed by atoms with Crippen LogP contribution in [0.25, 0.3) is 0 Å². The number of nitrogens with one attached hydrogen (secondary N) is 1. The van der Waals surface area contributed by atoms with Crippen molar-refractivity contribution in [3.8, 4) is 0 Å². The summed E-state index contributed by atoms with van der Waals surface area (Å²) in [6.07, 6.45) is 7.55. The quantitative estimate of drug-likeness (QED) is 0.726. The molecule has 2 fully saturated rings. The minimum Gasteiger partial charge on any atom is -0.351 e. The van der Waals surface area contributed by atoms with Crippen LogP contribution >= 0.6 is 0 Å². The van der Waals surface area contributed by atoms with Crippen LogP contribution in [0.2, 0.25) is 0 Å². The molecule has 0 unspecified atom stereocenters. The smallest absolute Gasteiger partial charge is 0.223 e. The fourth-order valence-electron chi connectivity index (χ4n) is 2.47. The highest BCUT2D eigenvalue weighted by Gasteiger charge is 2.34. The van der Waals surface area contributed by atoms with E-state index in [-0.39, 0.29) is 11.4 Å². The lowest BCUT2D eigenvalue weighted by Gasteiger charge is -2.39. The van der Waals surface area contributed by atoms with Gasteiger partial charge in [0.05, 0.1) is 0 Å². The van der Waals surface area contributed by atoms with E-state index < -0.39 is 0 Å². The number of carbonyl (C=O) groups excluding carboxylic acids is 1. The van der Waals surface area contributed by atoms with Crippen molar-refractivity contribution in [1.29, 1.82) is 0 Å². The lowest BCUT2D eigenvalue weighted by atomic mass is 9.79. The maximum atomic E-state index is 11.8. The molecule has 86 valence electrons. The average molecular weight is 210 g/mol. The summed E-state index contributed by atoms with van der Waals surface area (Å²) in [5.41, 5.74) is 5.89. The van der Waals surface area contributed by atoms with Gasteiger partial charge >= 0.3 is 0 Å². The third kappa shape index (κ3) is 2.51. The number of nitrogens with two attached hydrogens (primary N) is 1. The van der Waals surface area contributed by atoms with Crippen molar-refractivity contribution in [2.45, 2.75) is 63.5 Å². The minimum atomic E-state index is 0.0164. The highest BCUT2D eigenvalue weighted by Crippen LogP contribution is 2.30. The summed E-state index contributed by atoms with van der Waals surface area (Å²) >= 11 is 0. The Morgan fingerprint density at radius 2 is 1.87 bits per heavy atom. The van der Waals surface area contributed by atoms with Gasteiger partial charge in [0.2, 0.25) is 5.91 Å². The van der Waals surface area contributed by atoms with Crippen LogP contribution in [0.1, 0.15) is 51.9 Å². The van der Waals surface area contributed by atoms with Crippen molar-refractivity contribution in [3.05, 3.63) is 0 Å². The molecule has 0 aromatic heterocycles. The van der Waals surface area contributed by atoms with Crippen LogP contribution in [0.5, 0.6) is 0 Å². The monoisotopic (exact) mass is 210 g/mol. The van der Waals surface area contributed by atoms with Crippen LogP contribution in [0.15, 0.2) is 0 Å². The number of carbonyl (C=O) groups is 1. The van der Waals surface area contributed by atoms with Crippen LogP contribution < -0.4 is 11.1 Å². The molecule has 3 nitrogen and oxygen atoms in total. The molecule has 2 aliphatic carbocycles. The molecule has 2 aliphatic rings. The van der Waals surface area contributed by atoms with Gasteiger partial charge in [-0.05, 0) is 45.4 Å². The second-order valence-electron chi connectivity index (χ2n) is 5.52. The summed E-state index contributed by atoms with van der Waals surface area (Å²) in [5.74, 6) is 0.580. The van der Waals surface area contributed by atoms with Gasteiger partial charge in [-0.3, -0.25) is 4.79 Å². The summed E-state index contributed by atoms with van der Waals surface area (Å²) in [6, 6.07) is 0.346. The Morgan fingerprint density at radius 1 is 1.27 bits per heavy atom. The summed E-state index contributed by atoms with van der Waals surface area (Å²) in [7, 11) is 0. The Balaban J connectivity index is 1.84. The van der Waals surface area contributed by atoms with E-state index in [0.717, 1.165) is 38.5 Å². The molecule has 2 rings (SSSR count). The van der Waals surface area contributed by atoms with E-state index in [4.69, 9.17) is 5.73 Å². The first-order valence-electron chi connectivity index (χ1n) is 6.17. The standard InChI is InChI=1S/C12H22N2O/c1-12(7-5-10(13)6-8-12)14-11(15)9-3-2-4-9/h9-10H,2-8,13H2,1H3,(H,14,15). The SMILES string of the molecule is CC1(NC(=O)C2CCC2)CCC(N)CC1. The van der Waals surface area contributed by atoms with E-state index >= 15 is 0 Å². The lowest BCUT2D eigenvalue weighted by Crippen LogP contribution is -2.52. The van der Waals surface area contributed by atoms with Gasteiger partial charge in [0.1, 0.15) is 0 Å². The Morgan fingerprint density at radius 3 is 2.33 bits per heavy atom. The molecule has 0 spiro atoms. The maximum absolute atomic E-state index is 11.8. The molecule has 0 radical (unpaired) electrons. The Kier molecular flexibility index (Phi) is 3.01. The Bertz CT molecular complexity index is 240. The average Bonchev–Trinajstić information content (AvgIpc) is 2.07. The predicted octanol–water partition coefficient (Wildman–Crippen LogP) is 1.56. The predicted molar refractivity (Wildman–Crippen MR) is 60.3 cm³/mol. The molecule has 0 bridgehead atoms. The van der Waals surface area contributed by atoms with E-state index in [1.807, 2.05) is 0 Å². The van der Waals surface area contributed by atoms with Crippen molar-refractivity contribution in [3.63, 3.8) is 0 Å². The number of rotatable bonds is 2. The van der Waals surface area contributed by atoms with Crippen LogP contribution in [-0.2, 0) is 4.79 Å². The molecule has 0 saturated heterocycles. The van der Waals surface area contributed by atoms with Gasteiger partial charge in [0, 0.05) is 17.5 Å². The summed E-state index contributed by atoms with van der Waals surface area (Å²) in [4.78, 5) is 11.8. The summed E-state index contributed by atoms with van der Waals surface area (Å²) in [6.45, 7) is 2.16. The van der Waals surface area contributed by atoms with E-state index in [2.05, 4.69) is 12.2 Å². The molecule has 0 heterocycles. The van der Waals surface area contributed by atoms with Gasteiger partial charge < -0.3 is 11.1 Å². The van der Waals surface area contributed by atoms with E-state index in [0.29, 0.717) is 12.0 Å². The van der Waals surface area contributed by atoms with Gasteiger partial charge in [-0.15, -0.1) is 0 Å². The first-order chi connectivity index (χ1) is 7.09. The third-order valence-electron chi connectivity index (χ3n) is 4.03. The zero-order chi connectivity index (χ0) is 10.9. The summed E-state index contributed by atoms with van der Waals surface area (Å²) < 4.78 is 0. The molecule has 0 aromatic carbocycles. The van der Waals surface area contributed by atoms with Gasteiger partial charge in [0.25, 0.3) is 0 Å². The fraction of sp³-hybridized carbons (Fsp3) is 0.917. The molecular formula is C12H22N2O. The van der Waals surface area contributed by atoms with Crippen LogP contribution in [0, 0.1) is 5.92 Å². The van der Waals surface area contributed by atoms with Crippen molar-refractivity contribution in [2.24, 2.45) is 11.7 Å². The Hall–Kier alpha value is -0.570. The van der Waals surface area contributed by atoms with Crippen molar-refractivity contribution >= 4 is 5.91 Å². The van der Waals surface area contributed by atoms with E-state index in [9.17, 15) is 4.79 Å². The Labute approximate surface area is 91.8 Å². The molecule has 3 heteroatoms.